The second kappa shape index (κ2) is 5.72. The molecule has 1 rings (SSSR count). The van der Waals surface area contributed by atoms with Gasteiger partial charge in [-0.05, 0) is 35.0 Å². The minimum Gasteiger partial charge on any atom is -0.481 e. The first-order valence-corrected chi connectivity index (χ1v) is 6.20. The molecule has 0 aliphatic rings. The molecule has 0 fully saturated rings. The molecule has 3 nitrogen and oxygen atoms in total. The van der Waals surface area contributed by atoms with Crippen molar-refractivity contribution < 1.29 is 9.53 Å². The van der Waals surface area contributed by atoms with E-state index in [1.54, 1.807) is 30.5 Å². The molecule has 1 atom stereocenters. The van der Waals surface area contributed by atoms with Crippen LogP contribution in [0, 0.1) is 0 Å². The molecular formula is C10H11NO2S2. The molecule has 80 valence electrons. The quantitative estimate of drug-likeness (QED) is 0.707. The Balaban J connectivity index is 2.84. The standard InChI is InChI=1S/C10H11NO2S2/c1-13-10(14)15(2)11-9(12)8-6-4-3-5-7-8/h3-7H,1-2H3. The maximum absolute atomic E-state index is 11.6. The molecule has 1 unspecified atom stereocenters. The van der Waals surface area contributed by atoms with Crippen LogP contribution in [0.5, 0.6) is 0 Å². The zero-order valence-corrected chi connectivity index (χ0v) is 10.1. The Labute approximate surface area is 96.6 Å². The van der Waals surface area contributed by atoms with Crippen LogP contribution in [0.1, 0.15) is 10.4 Å². The van der Waals surface area contributed by atoms with E-state index in [0.29, 0.717) is 9.95 Å². The van der Waals surface area contributed by atoms with Crippen molar-refractivity contribution >= 4 is 33.2 Å². The van der Waals surface area contributed by atoms with Crippen molar-refractivity contribution in [1.29, 1.82) is 0 Å². The van der Waals surface area contributed by atoms with Crippen LogP contribution in [0.15, 0.2) is 34.7 Å². The Morgan fingerprint density at radius 2 is 2.00 bits per heavy atom. The average Bonchev–Trinajstić information content (AvgIpc) is 2.29. The fourth-order valence-electron chi connectivity index (χ4n) is 0.916. The van der Waals surface area contributed by atoms with E-state index in [0.717, 1.165) is 0 Å². The number of ether oxygens (including phenoxy) is 1. The molecule has 0 spiro atoms. The fraction of sp³-hybridized carbons (Fsp3) is 0.200. The summed E-state index contributed by atoms with van der Waals surface area (Å²) in [7, 11) is 0.820. The summed E-state index contributed by atoms with van der Waals surface area (Å²) in [5.41, 5.74) is 0.566. The molecule has 15 heavy (non-hydrogen) atoms. The summed E-state index contributed by atoms with van der Waals surface area (Å²) < 4.78 is 9.13. The summed E-state index contributed by atoms with van der Waals surface area (Å²) in [6.07, 6.45) is 1.76. The summed E-state index contributed by atoms with van der Waals surface area (Å²) in [6, 6.07) is 8.89. The highest BCUT2D eigenvalue weighted by molar-refractivity contribution is 8.13. The van der Waals surface area contributed by atoms with Gasteiger partial charge in [0.1, 0.15) is 0 Å². The summed E-state index contributed by atoms with van der Waals surface area (Å²) >= 11 is 4.89. The third-order valence-electron chi connectivity index (χ3n) is 1.65. The Morgan fingerprint density at radius 1 is 1.40 bits per heavy atom. The Hall–Kier alpha value is -1.07. The van der Waals surface area contributed by atoms with Gasteiger partial charge in [-0.2, -0.15) is 4.36 Å². The molecular weight excluding hydrogens is 230 g/mol. The number of thiocarbonyl (C=S) groups is 1. The van der Waals surface area contributed by atoms with Gasteiger partial charge in [-0.15, -0.1) is 0 Å². The number of carbonyl (C=O) groups is 1. The van der Waals surface area contributed by atoms with Crippen molar-refractivity contribution in [2.24, 2.45) is 4.36 Å². The number of amides is 1. The van der Waals surface area contributed by atoms with Crippen LogP contribution in [-0.4, -0.2) is 23.7 Å². The highest BCUT2D eigenvalue weighted by Gasteiger charge is 2.05. The number of hydrogen-bond donors (Lipinski definition) is 0. The molecule has 0 aliphatic carbocycles. The second-order valence-electron chi connectivity index (χ2n) is 2.69. The fourth-order valence-corrected chi connectivity index (χ4v) is 1.70. The van der Waals surface area contributed by atoms with E-state index in [1.165, 1.54) is 7.11 Å². The van der Waals surface area contributed by atoms with E-state index in [-0.39, 0.29) is 5.91 Å². The van der Waals surface area contributed by atoms with E-state index in [1.807, 2.05) is 6.07 Å². The van der Waals surface area contributed by atoms with Gasteiger partial charge in [0.15, 0.2) is 0 Å². The van der Waals surface area contributed by atoms with Crippen LogP contribution >= 0.6 is 12.2 Å². The van der Waals surface area contributed by atoms with Gasteiger partial charge in [-0.25, -0.2) is 0 Å². The Morgan fingerprint density at radius 3 is 2.53 bits per heavy atom. The number of nitrogens with zero attached hydrogens (tertiary/aromatic N) is 1. The zero-order chi connectivity index (χ0) is 11.3. The van der Waals surface area contributed by atoms with Gasteiger partial charge < -0.3 is 4.74 Å². The monoisotopic (exact) mass is 241 g/mol. The number of carbonyl (C=O) groups excluding carboxylic acids is 1. The molecule has 1 aromatic carbocycles. The number of benzene rings is 1. The maximum atomic E-state index is 11.6. The lowest BCUT2D eigenvalue weighted by Crippen LogP contribution is -2.07. The largest absolute Gasteiger partial charge is 0.481 e. The molecule has 0 aromatic heterocycles. The topological polar surface area (TPSA) is 38.7 Å². The minimum absolute atomic E-state index is 0.263. The zero-order valence-electron chi connectivity index (χ0n) is 8.47. The van der Waals surface area contributed by atoms with Crippen molar-refractivity contribution in [3.05, 3.63) is 35.9 Å². The van der Waals surface area contributed by atoms with Crippen molar-refractivity contribution in [2.75, 3.05) is 13.4 Å². The van der Waals surface area contributed by atoms with Gasteiger partial charge in [-0.1, -0.05) is 18.2 Å². The molecule has 0 saturated heterocycles. The van der Waals surface area contributed by atoms with Crippen LogP contribution < -0.4 is 0 Å². The molecule has 0 saturated carbocycles. The predicted octanol–water partition coefficient (Wildman–Crippen LogP) is 2.19. The van der Waals surface area contributed by atoms with Crippen molar-refractivity contribution in [3.8, 4) is 0 Å². The van der Waals surface area contributed by atoms with Crippen LogP contribution in [-0.2, 0) is 15.4 Å². The number of rotatable bonds is 1. The molecule has 0 bridgehead atoms. The van der Waals surface area contributed by atoms with Gasteiger partial charge in [-0.3, -0.25) is 4.79 Å². The normalized spacial score (nSPS) is 12.1. The minimum atomic E-state index is -0.661. The van der Waals surface area contributed by atoms with E-state index in [2.05, 4.69) is 4.36 Å². The first-order chi connectivity index (χ1) is 7.15. The lowest BCUT2D eigenvalue weighted by Gasteiger charge is -2.01. The molecule has 0 heterocycles. The third-order valence-corrected chi connectivity index (χ3v) is 3.63. The Bertz CT molecular complexity index is 401. The van der Waals surface area contributed by atoms with Gasteiger partial charge in [0.05, 0.1) is 7.11 Å². The molecule has 0 radical (unpaired) electrons. The maximum Gasteiger partial charge on any atom is 0.283 e. The molecule has 1 amide bonds. The smallest absolute Gasteiger partial charge is 0.283 e. The first-order valence-electron chi connectivity index (χ1n) is 4.20. The van der Waals surface area contributed by atoms with Crippen molar-refractivity contribution in [1.82, 2.24) is 0 Å². The van der Waals surface area contributed by atoms with Crippen LogP contribution in [0.25, 0.3) is 0 Å². The second-order valence-corrected chi connectivity index (χ2v) is 4.83. The van der Waals surface area contributed by atoms with E-state index < -0.39 is 10.7 Å². The summed E-state index contributed by atoms with van der Waals surface area (Å²) in [4.78, 5) is 11.6. The van der Waals surface area contributed by atoms with Gasteiger partial charge in [0.25, 0.3) is 5.91 Å². The third kappa shape index (κ3) is 3.53. The van der Waals surface area contributed by atoms with Gasteiger partial charge in [0.2, 0.25) is 4.38 Å². The summed E-state index contributed by atoms with van der Waals surface area (Å²) in [5.74, 6) is -0.263. The van der Waals surface area contributed by atoms with Crippen LogP contribution in [0.2, 0.25) is 0 Å². The highest BCUT2D eigenvalue weighted by atomic mass is 32.2. The van der Waals surface area contributed by atoms with Crippen LogP contribution in [0.4, 0.5) is 0 Å². The predicted molar refractivity (Wildman–Crippen MR) is 66.1 cm³/mol. The number of methoxy groups -OCH3 is 1. The van der Waals surface area contributed by atoms with Gasteiger partial charge >= 0.3 is 0 Å². The van der Waals surface area contributed by atoms with Crippen LogP contribution in [0.3, 0.4) is 0 Å². The first kappa shape index (κ1) is 12.0. The molecule has 0 aliphatic heterocycles. The highest BCUT2D eigenvalue weighted by Crippen LogP contribution is 2.02. The van der Waals surface area contributed by atoms with E-state index >= 15 is 0 Å². The lowest BCUT2D eigenvalue weighted by atomic mass is 10.2. The SMILES string of the molecule is COC(=S)S(C)=NC(=O)c1ccccc1. The van der Waals surface area contributed by atoms with Gasteiger partial charge in [0, 0.05) is 11.8 Å². The molecule has 5 heteroatoms. The van der Waals surface area contributed by atoms with E-state index in [4.69, 9.17) is 17.0 Å². The summed E-state index contributed by atoms with van der Waals surface area (Å²) in [5, 5.41) is 0. The average molecular weight is 241 g/mol. The Kier molecular flexibility index (Phi) is 4.58. The molecule has 1 aromatic rings. The van der Waals surface area contributed by atoms with E-state index in [9.17, 15) is 4.79 Å². The molecule has 0 N–H and O–H groups in total. The number of hydrogen-bond acceptors (Lipinski definition) is 3. The van der Waals surface area contributed by atoms with Crippen molar-refractivity contribution in [3.63, 3.8) is 0 Å². The van der Waals surface area contributed by atoms with Crippen molar-refractivity contribution in [2.45, 2.75) is 0 Å². The summed E-state index contributed by atoms with van der Waals surface area (Å²) in [6.45, 7) is 0. The lowest BCUT2D eigenvalue weighted by molar-refractivity contribution is 0.101.